The topological polar surface area (TPSA) is 25.8 Å². The molecule has 0 N–H and O–H groups in total. The Morgan fingerprint density at radius 1 is 1.23 bits per heavy atom. The number of aryl methyl sites for hydroxylation is 1. The second kappa shape index (κ2) is 3.66. The highest BCUT2D eigenvalue weighted by molar-refractivity contribution is 7.05. The van der Waals surface area contributed by atoms with E-state index in [-0.39, 0.29) is 0 Å². The van der Waals surface area contributed by atoms with E-state index in [1.165, 1.54) is 11.5 Å². The molecule has 0 atom stereocenters. The lowest BCUT2D eigenvalue weighted by molar-refractivity contribution is 1.09. The van der Waals surface area contributed by atoms with Gasteiger partial charge in [-0.05, 0) is 18.0 Å². The van der Waals surface area contributed by atoms with Crippen LogP contribution in [0.25, 0.3) is 11.4 Å². The van der Waals surface area contributed by atoms with Gasteiger partial charge in [-0.2, -0.15) is 4.37 Å². The molecule has 2 nitrogen and oxygen atoms in total. The lowest BCUT2D eigenvalue weighted by atomic mass is 10.2. The van der Waals surface area contributed by atoms with Crippen LogP contribution in [0, 0.1) is 0 Å². The predicted octanol–water partition coefficient (Wildman–Crippen LogP) is 2.77. The van der Waals surface area contributed by atoms with E-state index in [0.29, 0.717) is 0 Å². The van der Waals surface area contributed by atoms with Crippen molar-refractivity contribution in [2.24, 2.45) is 0 Å². The van der Waals surface area contributed by atoms with Gasteiger partial charge in [0.2, 0.25) is 0 Å². The van der Waals surface area contributed by atoms with E-state index in [9.17, 15) is 0 Å². The van der Waals surface area contributed by atoms with Gasteiger partial charge in [-0.15, -0.1) is 0 Å². The summed E-state index contributed by atoms with van der Waals surface area (Å²) in [5.74, 6) is 0.849. The molecular weight excluding hydrogens is 180 g/mol. The van der Waals surface area contributed by atoms with Crippen LogP contribution in [0.2, 0.25) is 0 Å². The van der Waals surface area contributed by atoms with Crippen molar-refractivity contribution in [3.63, 3.8) is 0 Å². The first kappa shape index (κ1) is 8.38. The molecule has 0 spiro atoms. The van der Waals surface area contributed by atoms with Gasteiger partial charge in [0.25, 0.3) is 0 Å². The standard InChI is InChI=1S/C10H10N2S/c1-2-9-11-10(12-13-9)8-6-4-3-5-7-8/h3-7H,2H2,1H3. The quantitative estimate of drug-likeness (QED) is 0.727. The molecule has 0 bridgehead atoms. The minimum atomic E-state index is 0.849. The van der Waals surface area contributed by atoms with Gasteiger partial charge in [-0.3, -0.25) is 0 Å². The number of rotatable bonds is 2. The van der Waals surface area contributed by atoms with Gasteiger partial charge in [0, 0.05) is 5.56 Å². The zero-order valence-electron chi connectivity index (χ0n) is 7.40. The first-order valence-corrected chi connectivity index (χ1v) is 5.05. The number of nitrogens with zero attached hydrogens (tertiary/aromatic N) is 2. The maximum Gasteiger partial charge on any atom is 0.173 e. The highest BCUT2D eigenvalue weighted by atomic mass is 32.1. The van der Waals surface area contributed by atoms with Crippen LogP contribution in [-0.4, -0.2) is 9.36 Å². The average Bonchev–Trinajstić information content (AvgIpc) is 2.67. The zero-order valence-corrected chi connectivity index (χ0v) is 8.21. The van der Waals surface area contributed by atoms with Crippen molar-refractivity contribution in [1.29, 1.82) is 0 Å². The molecule has 66 valence electrons. The van der Waals surface area contributed by atoms with E-state index < -0.39 is 0 Å². The molecule has 0 saturated carbocycles. The van der Waals surface area contributed by atoms with Crippen LogP contribution in [0.5, 0.6) is 0 Å². The summed E-state index contributed by atoms with van der Waals surface area (Å²) in [7, 11) is 0. The normalized spacial score (nSPS) is 10.2. The molecule has 0 aliphatic rings. The fourth-order valence-corrected chi connectivity index (χ4v) is 1.70. The predicted molar refractivity (Wildman–Crippen MR) is 54.7 cm³/mol. The molecule has 2 aromatic rings. The van der Waals surface area contributed by atoms with E-state index in [1.54, 1.807) is 0 Å². The van der Waals surface area contributed by atoms with Crippen molar-refractivity contribution in [2.45, 2.75) is 13.3 Å². The Kier molecular flexibility index (Phi) is 2.36. The van der Waals surface area contributed by atoms with Gasteiger partial charge < -0.3 is 0 Å². The monoisotopic (exact) mass is 190 g/mol. The molecule has 1 aromatic carbocycles. The molecule has 1 aromatic heterocycles. The summed E-state index contributed by atoms with van der Waals surface area (Å²) in [6.07, 6.45) is 0.963. The van der Waals surface area contributed by atoms with Crippen LogP contribution in [0.3, 0.4) is 0 Å². The number of hydrogen-bond acceptors (Lipinski definition) is 3. The molecule has 2 rings (SSSR count). The Bertz CT molecular complexity index is 381. The lowest BCUT2D eigenvalue weighted by Crippen LogP contribution is -1.80. The van der Waals surface area contributed by atoms with Crippen molar-refractivity contribution in [1.82, 2.24) is 9.36 Å². The van der Waals surface area contributed by atoms with E-state index >= 15 is 0 Å². The maximum atomic E-state index is 4.41. The van der Waals surface area contributed by atoms with Crippen molar-refractivity contribution in [3.8, 4) is 11.4 Å². The van der Waals surface area contributed by atoms with E-state index in [1.807, 2.05) is 30.3 Å². The van der Waals surface area contributed by atoms with Gasteiger partial charge in [0.15, 0.2) is 5.82 Å². The molecule has 3 heteroatoms. The van der Waals surface area contributed by atoms with Crippen molar-refractivity contribution in [2.75, 3.05) is 0 Å². The fraction of sp³-hybridized carbons (Fsp3) is 0.200. The molecule has 0 fully saturated rings. The third-order valence-electron chi connectivity index (χ3n) is 1.80. The fourth-order valence-electron chi connectivity index (χ4n) is 1.10. The Morgan fingerprint density at radius 3 is 2.62 bits per heavy atom. The largest absolute Gasteiger partial charge is 0.220 e. The first-order chi connectivity index (χ1) is 6.40. The Morgan fingerprint density at radius 2 is 2.00 bits per heavy atom. The zero-order chi connectivity index (χ0) is 9.10. The molecule has 0 unspecified atom stereocenters. The summed E-state index contributed by atoms with van der Waals surface area (Å²) in [6.45, 7) is 2.09. The summed E-state index contributed by atoms with van der Waals surface area (Å²) in [5, 5.41) is 1.10. The van der Waals surface area contributed by atoms with Crippen molar-refractivity contribution in [3.05, 3.63) is 35.3 Å². The second-order valence-corrected chi connectivity index (χ2v) is 3.57. The maximum absolute atomic E-state index is 4.41. The average molecular weight is 190 g/mol. The number of aromatic nitrogens is 2. The molecule has 1 heterocycles. The summed E-state index contributed by atoms with van der Waals surface area (Å²) >= 11 is 1.48. The van der Waals surface area contributed by atoms with Crippen LogP contribution < -0.4 is 0 Å². The Labute approximate surface area is 81.4 Å². The molecule has 0 saturated heterocycles. The lowest BCUT2D eigenvalue weighted by Gasteiger charge is -1.91. The van der Waals surface area contributed by atoms with Crippen LogP contribution in [-0.2, 0) is 6.42 Å². The number of benzene rings is 1. The SMILES string of the molecule is CCc1nc(-c2ccccc2)ns1. The minimum Gasteiger partial charge on any atom is -0.220 e. The third kappa shape index (κ3) is 1.75. The summed E-state index contributed by atoms with van der Waals surface area (Å²) < 4.78 is 4.29. The summed E-state index contributed by atoms with van der Waals surface area (Å²) in [4.78, 5) is 4.41. The smallest absolute Gasteiger partial charge is 0.173 e. The van der Waals surface area contributed by atoms with Crippen LogP contribution in [0.4, 0.5) is 0 Å². The van der Waals surface area contributed by atoms with Crippen LogP contribution in [0.15, 0.2) is 30.3 Å². The van der Waals surface area contributed by atoms with E-state index in [0.717, 1.165) is 22.8 Å². The van der Waals surface area contributed by atoms with Gasteiger partial charge >= 0.3 is 0 Å². The summed E-state index contributed by atoms with van der Waals surface area (Å²) in [6, 6.07) is 10.1. The molecule has 0 radical (unpaired) electrons. The Hall–Kier alpha value is -1.22. The highest BCUT2D eigenvalue weighted by Crippen LogP contribution is 2.17. The highest BCUT2D eigenvalue weighted by Gasteiger charge is 2.03. The molecule has 13 heavy (non-hydrogen) atoms. The molecule has 0 aliphatic heterocycles. The van der Waals surface area contributed by atoms with Crippen molar-refractivity contribution >= 4 is 11.5 Å². The third-order valence-corrected chi connectivity index (χ3v) is 2.66. The Balaban J connectivity index is 2.36. The minimum absolute atomic E-state index is 0.849. The molecule has 0 aliphatic carbocycles. The van der Waals surface area contributed by atoms with Crippen LogP contribution >= 0.6 is 11.5 Å². The van der Waals surface area contributed by atoms with Gasteiger partial charge in [0.1, 0.15) is 5.01 Å². The van der Waals surface area contributed by atoms with Crippen LogP contribution in [0.1, 0.15) is 11.9 Å². The molecule has 0 amide bonds. The summed E-state index contributed by atoms with van der Waals surface area (Å²) in [5.41, 5.74) is 1.10. The molecular formula is C10H10N2S. The second-order valence-electron chi connectivity index (χ2n) is 2.73. The van der Waals surface area contributed by atoms with E-state index in [2.05, 4.69) is 16.3 Å². The van der Waals surface area contributed by atoms with E-state index in [4.69, 9.17) is 0 Å². The van der Waals surface area contributed by atoms with Gasteiger partial charge in [-0.1, -0.05) is 37.3 Å². The van der Waals surface area contributed by atoms with Gasteiger partial charge in [-0.25, -0.2) is 4.98 Å². The first-order valence-electron chi connectivity index (χ1n) is 4.28. The van der Waals surface area contributed by atoms with Crippen molar-refractivity contribution < 1.29 is 0 Å². The van der Waals surface area contributed by atoms with Gasteiger partial charge in [0.05, 0.1) is 0 Å². The number of hydrogen-bond donors (Lipinski definition) is 0.